The quantitative estimate of drug-likeness (QED) is 0.167. The van der Waals surface area contributed by atoms with Crippen LogP contribution in [0.15, 0.2) is 94.5 Å². The number of pyridine rings is 2. The molecule has 0 aliphatic rings. The fourth-order valence-corrected chi connectivity index (χ4v) is 8.20. The first kappa shape index (κ1) is 37.4. The molecule has 0 bridgehead atoms. The molecule has 278 valence electrons. The Morgan fingerprint density at radius 1 is 0.352 bits per heavy atom. The molecule has 4 nitrogen and oxygen atoms in total. The minimum absolute atomic E-state index is 0.0299. The van der Waals surface area contributed by atoms with Crippen LogP contribution in [0.1, 0.15) is 116 Å². The van der Waals surface area contributed by atoms with Crippen molar-refractivity contribution in [3.63, 3.8) is 0 Å². The Kier molecular flexibility index (Phi) is 8.50. The Morgan fingerprint density at radius 3 is 0.870 bits per heavy atom. The third-order valence-electron chi connectivity index (χ3n) is 11.1. The molecule has 2 aromatic heterocycles. The molecule has 54 heavy (non-hydrogen) atoms. The minimum Gasteiger partial charge on any atom is -0.309 e. The normalized spacial score (nSPS) is 13.1. The summed E-state index contributed by atoms with van der Waals surface area (Å²) in [6.07, 6.45) is 0. The third-order valence-corrected chi connectivity index (χ3v) is 11.1. The van der Waals surface area contributed by atoms with Crippen molar-refractivity contribution in [2.24, 2.45) is 0 Å². The Bertz CT molecular complexity index is 2570. The monoisotopic (exact) mass is 716 g/mol. The summed E-state index contributed by atoms with van der Waals surface area (Å²) in [6.45, 7) is 30.9. The van der Waals surface area contributed by atoms with Gasteiger partial charge in [-0.2, -0.15) is 0 Å². The second-order valence-corrected chi connectivity index (χ2v) is 19.7. The molecule has 5 aromatic carbocycles. The van der Waals surface area contributed by atoms with E-state index in [0.29, 0.717) is 21.5 Å². The Hall–Kier alpha value is -4.96. The lowest BCUT2D eigenvalue weighted by atomic mass is 9.74. The van der Waals surface area contributed by atoms with Gasteiger partial charge >= 0.3 is 0 Å². The number of fused-ring (bicyclic) bond motifs is 4. The van der Waals surface area contributed by atoms with E-state index in [-0.39, 0.29) is 32.5 Å². The van der Waals surface area contributed by atoms with E-state index < -0.39 is 0 Å². The van der Waals surface area contributed by atoms with Gasteiger partial charge in [0.2, 0.25) is 0 Å². The van der Waals surface area contributed by atoms with Crippen LogP contribution in [0.3, 0.4) is 0 Å². The van der Waals surface area contributed by atoms with Crippen molar-refractivity contribution in [3.05, 3.63) is 139 Å². The summed E-state index contributed by atoms with van der Waals surface area (Å²) >= 11 is 0. The molecule has 0 saturated carbocycles. The number of hydrogen-bond acceptors (Lipinski definition) is 2. The number of aryl methyl sites for hydroxylation is 2. The highest BCUT2D eigenvalue weighted by Crippen LogP contribution is 2.40. The zero-order valence-corrected chi connectivity index (χ0v) is 34.8. The van der Waals surface area contributed by atoms with Gasteiger partial charge in [-0.05, 0) is 118 Å². The number of aromatic nitrogens is 2. The molecule has 4 heteroatoms. The summed E-state index contributed by atoms with van der Waals surface area (Å²) in [5.41, 5.74) is 11.3. The van der Waals surface area contributed by atoms with Crippen LogP contribution in [0.25, 0.3) is 55.0 Å². The maximum atomic E-state index is 15.1. The van der Waals surface area contributed by atoms with Gasteiger partial charge in [0.15, 0.2) is 10.9 Å². The van der Waals surface area contributed by atoms with E-state index in [1.54, 1.807) is 0 Å². The molecular formula is C50H56N2O2. The second-order valence-electron chi connectivity index (χ2n) is 19.7. The van der Waals surface area contributed by atoms with Crippen LogP contribution < -0.4 is 10.9 Å². The van der Waals surface area contributed by atoms with Gasteiger partial charge in [0.1, 0.15) is 0 Å². The SMILES string of the molecule is Cc1ccc(-n2c3cc(C(C)(C)C)c(C(C)(C)C)cc3c(=O)c3cc4c(cc32)c(=O)c2cc(C(C)(C)C)c(C(C)(C)C)cc2n4-c2ccc(C)cc2)cc1. The molecule has 0 atom stereocenters. The highest BCUT2D eigenvalue weighted by atomic mass is 16.1. The summed E-state index contributed by atoms with van der Waals surface area (Å²) in [4.78, 5) is 30.2. The van der Waals surface area contributed by atoms with E-state index in [0.717, 1.165) is 44.6 Å². The summed E-state index contributed by atoms with van der Waals surface area (Å²) < 4.78 is 4.41. The first-order chi connectivity index (χ1) is 25.0. The molecule has 0 saturated heterocycles. The van der Waals surface area contributed by atoms with Crippen LogP contribution in [0.2, 0.25) is 0 Å². The van der Waals surface area contributed by atoms with Crippen LogP contribution in [0.4, 0.5) is 0 Å². The molecule has 0 aliphatic heterocycles. The van der Waals surface area contributed by atoms with Crippen LogP contribution in [-0.4, -0.2) is 9.13 Å². The van der Waals surface area contributed by atoms with Gasteiger partial charge < -0.3 is 9.13 Å². The number of benzene rings is 5. The van der Waals surface area contributed by atoms with Crippen molar-refractivity contribution in [2.45, 2.75) is 119 Å². The van der Waals surface area contributed by atoms with E-state index in [1.165, 1.54) is 22.3 Å². The molecule has 0 amide bonds. The summed E-state index contributed by atoms with van der Waals surface area (Å²) in [6, 6.07) is 29.6. The van der Waals surface area contributed by atoms with Gasteiger partial charge in [-0.15, -0.1) is 0 Å². The van der Waals surface area contributed by atoms with E-state index >= 15 is 9.59 Å². The molecule has 7 rings (SSSR count). The maximum Gasteiger partial charge on any atom is 0.197 e. The van der Waals surface area contributed by atoms with Crippen molar-refractivity contribution >= 4 is 43.6 Å². The molecule has 0 aliphatic carbocycles. The number of rotatable bonds is 2. The van der Waals surface area contributed by atoms with Crippen molar-refractivity contribution in [1.82, 2.24) is 9.13 Å². The first-order valence-corrected chi connectivity index (χ1v) is 19.4. The van der Waals surface area contributed by atoms with Crippen molar-refractivity contribution in [3.8, 4) is 11.4 Å². The number of hydrogen-bond donors (Lipinski definition) is 0. The largest absolute Gasteiger partial charge is 0.309 e. The van der Waals surface area contributed by atoms with Crippen LogP contribution in [0, 0.1) is 13.8 Å². The zero-order valence-electron chi connectivity index (χ0n) is 34.8. The molecule has 0 N–H and O–H groups in total. The van der Waals surface area contributed by atoms with Crippen LogP contribution >= 0.6 is 0 Å². The maximum absolute atomic E-state index is 15.1. The topological polar surface area (TPSA) is 44.0 Å². The van der Waals surface area contributed by atoms with Gasteiger partial charge in [-0.1, -0.05) is 118 Å². The Labute approximate surface area is 320 Å². The summed E-state index contributed by atoms with van der Waals surface area (Å²) in [5.74, 6) is 0. The predicted molar refractivity (Wildman–Crippen MR) is 232 cm³/mol. The fourth-order valence-electron chi connectivity index (χ4n) is 8.20. The lowest BCUT2D eigenvalue weighted by Crippen LogP contribution is -2.24. The van der Waals surface area contributed by atoms with Gasteiger partial charge in [-0.3, -0.25) is 9.59 Å². The molecule has 7 aromatic rings. The predicted octanol–water partition coefficient (Wildman–Crippen LogP) is 12.4. The van der Waals surface area contributed by atoms with Crippen molar-refractivity contribution < 1.29 is 0 Å². The summed E-state index contributed by atoms with van der Waals surface area (Å²) in [5, 5.41) is 2.52. The van der Waals surface area contributed by atoms with Crippen molar-refractivity contribution in [1.29, 1.82) is 0 Å². The summed E-state index contributed by atoms with van der Waals surface area (Å²) in [7, 11) is 0. The molecule has 0 spiro atoms. The highest BCUT2D eigenvalue weighted by Gasteiger charge is 2.30. The highest BCUT2D eigenvalue weighted by molar-refractivity contribution is 6.06. The van der Waals surface area contributed by atoms with Crippen LogP contribution in [-0.2, 0) is 21.7 Å². The fraction of sp³-hybridized carbons (Fsp3) is 0.360. The first-order valence-electron chi connectivity index (χ1n) is 19.4. The molecule has 2 heterocycles. The second kappa shape index (κ2) is 12.3. The number of nitrogens with zero attached hydrogens (tertiary/aromatic N) is 2. The van der Waals surface area contributed by atoms with Crippen molar-refractivity contribution in [2.75, 3.05) is 0 Å². The zero-order chi connectivity index (χ0) is 39.4. The van der Waals surface area contributed by atoms with Gasteiger partial charge in [0.05, 0.1) is 22.1 Å². The van der Waals surface area contributed by atoms with E-state index in [4.69, 9.17) is 0 Å². The minimum atomic E-state index is -0.183. The lowest BCUT2D eigenvalue weighted by Gasteiger charge is -2.31. The van der Waals surface area contributed by atoms with Gasteiger partial charge in [0.25, 0.3) is 0 Å². The lowest BCUT2D eigenvalue weighted by molar-refractivity contribution is 0.531. The van der Waals surface area contributed by atoms with Gasteiger partial charge in [0, 0.05) is 32.9 Å². The van der Waals surface area contributed by atoms with E-state index in [9.17, 15) is 0 Å². The molecule has 0 unspecified atom stereocenters. The average molecular weight is 717 g/mol. The van der Waals surface area contributed by atoms with E-state index in [2.05, 4.69) is 179 Å². The average Bonchev–Trinajstić information content (AvgIpc) is 3.07. The standard InChI is InChI=1S/C50H56N2O2/c1-29-15-19-31(20-16-29)51-41-25-36-42(26-35(41)45(53)33-23-37(47(3,4)5)39(27-43(33)51)49(9,10)11)52(32-21-17-30(2)18-22-32)44-28-40(50(12,13)14)38(48(6,7)8)24-34(44)46(36)54/h15-28H,1-14H3. The van der Waals surface area contributed by atoms with Crippen LogP contribution in [0.5, 0.6) is 0 Å². The third kappa shape index (κ3) is 6.18. The molecule has 0 radical (unpaired) electrons. The Morgan fingerprint density at radius 2 is 0.593 bits per heavy atom. The molecular weight excluding hydrogens is 661 g/mol. The molecule has 0 fully saturated rings. The van der Waals surface area contributed by atoms with E-state index in [1.807, 2.05) is 12.1 Å². The smallest absolute Gasteiger partial charge is 0.197 e. The van der Waals surface area contributed by atoms with Gasteiger partial charge in [-0.25, -0.2) is 0 Å². The Balaban J connectivity index is 1.78.